The van der Waals surface area contributed by atoms with E-state index in [9.17, 15) is 24.3 Å². The van der Waals surface area contributed by atoms with E-state index in [1.54, 1.807) is 36.3 Å². The van der Waals surface area contributed by atoms with Crippen LogP contribution in [0.25, 0.3) is 44.2 Å². The van der Waals surface area contributed by atoms with Gasteiger partial charge < -0.3 is 44.4 Å². The Hall–Kier alpha value is -6.94. The van der Waals surface area contributed by atoms with E-state index in [1.165, 1.54) is 14.2 Å². The molecule has 7 unspecified atom stereocenters. The van der Waals surface area contributed by atoms with Gasteiger partial charge in [0.1, 0.15) is 36.1 Å². The Kier molecular flexibility index (Phi) is 10.7. The van der Waals surface area contributed by atoms with E-state index in [-0.39, 0.29) is 35.7 Å². The fourth-order valence-electron chi connectivity index (χ4n) is 10.4. The molecule has 0 bridgehead atoms. The van der Waals surface area contributed by atoms with Crippen molar-refractivity contribution in [3.63, 3.8) is 0 Å². The van der Waals surface area contributed by atoms with Crippen molar-refractivity contribution in [3.05, 3.63) is 102 Å². The number of alkyl carbamates (subject to hydrolysis) is 1. The molecule has 0 spiro atoms. The Labute approximate surface area is 375 Å². The molecule has 4 aliphatic rings. The number of rotatable bonds is 11. The number of nitrogens with one attached hydrogen (secondary N) is 3. The molecular weight excluding hydrogens is 829 g/mol. The van der Waals surface area contributed by atoms with Crippen LogP contribution in [0.2, 0.25) is 0 Å². The van der Waals surface area contributed by atoms with Crippen LogP contribution in [0.4, 0.5) is 9.59 Å². The molecule has 4 N–H and O–H groups in total. The van der Waals surface area contributed by atoms with Crippen molar-refractivity contribution in [3.8, 4) is 28.1 Å². The lowest BCUT2D eigenvalue weighted by atomic mass is 9.92. The Morgan fingerprint density at radius 3 is 2.51 bits per heavy atom. The summed E-state index contributed by atoms with van der Waals surface area (Å²) in [5, 5.41) is 14.7. The van der Waals surface area contributed by atoms with Crippen molar-refractivity contribution in [2.45, 2.75) is 69.9 Å². The molecule has 4 aromatic carbocycles. The van der Waals surface area contributed by atoms with Gasteiger partial charge in [-0.15, -0.1) is 0 Å². The minimum absolute atomic E-state index is 0.0291. The number of hydrogen-bond acceptors (Lipinski definition) is 9. The average molecular weight is 881 g/mol. The molecule has 1 aliphatic carbocycles. The van der Waals surface area contributed by atoms with Crippen LogP contribution >= 0.6 is 0 Å². The number of carbonyl (C=O) groups excluding carboxylic acids is 3. The zero-order chi connectivity index (χ0) is 45.3. The van der Waals surface area contributed by atoms with Gasteiger partial charge in [0.2, 0.25) is 5.91 Å². The SMILES string of the molecule is COCC1CC(c2nc3ccc4cc5c(cc4c3[nH]2)OCc2cc(-c3cnc(C4CC6CC6N4C(=O)C(NC(=O)OC)C(C)C)[nH]3)ccc2-5)N(C(=O)C(c2ccccc2)N(C)C(=O)O)C1. The largest absolute Gasteiger partial charge is 0.488 e. The van der Waals surface area contributed by atoms with Crippen molar-refractivity contribution in [1.82, 2.24) is 40.0 Å². The summed E-state index contributed by atoms with van der Waals surface area (Å²) in [5.74, 6) is 1.99. The van der Waals surface area contributed by atoms with Gasteiger partial charge in [0.05, 0.1) is 48.7 Å². The lowest BCUT2D eigenvalue weighted by Crippen LogP contribution is -2.52. The average Bonchev–Trinajstić information content (AvgIpc) is 3.78. The highest BCUT2D eigenvalue weighted by Crippen LogP contribution is 2.53. The van der Waals surface area contributed by atoms with Gasteiger partial charge in [-0.1, -0.05) is 62.4 Å². The lowest BCUT2D eigenvalue weighted by Gasteiger charge is -2.32. The number of fused-ring (bicyclic) bond motifs is 7. The molecular formula is C49H52N8O8. The number of ether oxygens (including phenoxy) is 3. The Balaban J connectivity index is 0.919. The van der Waals surface area contributed by atoms with Crippen LogP contribution in [-0.4, -0.2) is 110 Å². The summed E-state index contributed by atoms with van der Waals surface area (Å²) < 4.78 is 16.8. The number of piperidine rings is 1. The normalized spacial score (nSPS) is 21.7. The fourth-order valence-corrected chi connectivity index (χ4v) is 10.4. The van der Waals surface area contributed by atoms with Crippen molar-refractivity contribution in [2.75, 3.05) is 34.4 Å². The smallest absolute Gasteiger partial charge is 0.407 e. The summed E-state index contributed by atoms with van der Waals surface area (Å²) in [6.45, 7) is 5.03. The quantitative estimate of drug-likeness (QED) is 0.101. The maximum atomic E-state index is 14.5. The van der Waals surface area contributed by atoms with Gasteiger partial charge >= 0.3 is 12.2 Å². The highest BCUT2D eigenvalue weighted by Gasteiger charge is 2.56. The number of amides is 4. The van der Waals surface area contributed by atoms with Gasteiger partial charge in [0, 0.05) is 43.6 Å². The number of hydrogen-bond donors (Lipinski definition) is 4. The van der Waals surface area contributed by atoms with Gasteiger partial charge in [-0.25, -0.2) is 19.6 Å². The standard InChI is InChI=1S/C49H52N8O8/c1-25(2)41(54-48(60)64-5)46(58)57-37-18-30(37)19-39(57)44-50-21-36(52-44)29-11-13-32-31(16-29)24-65-40-20-33-28(17-34(32)40)12-14-35-42(33)53-45(51-35)38-15-26(23-63-4)22-56(38)47(59)43(55(3)49(61)62)27-9-7-6-8-10-27/h6-14,16-17,20-21,25-26,30,37-39,41,43H,15,18-19,22-24H2,1-5H3,(H,50,52)(H,51,53)(H,54,60)(H,61,62). The number of benzene rings is 4. The molecule has 6 aromatic rings. The van der Waals surface area contributed by atoms with E-state index in [0.29, 0.717) is 43.5 Å². The van der Waals surface area contributed by atoms with Gasteiger partial charge in [0.25, 0.3) is 5.91 Å². The van der Waals surface area contributed by atoms with Crippen LogP contribution < -0.4 is 10.1 Å². The Bertz CT molecular complexity index is 2840. The van der Waals surface area contributed by atoms with Crippen molar-refractivity contribution in [2.24, 2.45) is 17.8 Å². The number of aromatic nitrogens is 4. The maximum Gasteiger partial charge on any atom is 0.407 e. The third-order valence-corrected chi connectivity index (χ3v) is 13.8. The van der Waals surface area contributed by atoms with Gasteiger partial charge in [-0.2, -0.15) is 0 Å². The monoisotopic (exact) mass is 880 g/mol. The molecule has 5 heterocycles. The molecule has 65 heavy (non-hydrogen) atoms. The lowest BCUT2D eigenvalue weighted by molar-refractivity contribution is -0.138. The first-order valence-corrected chi connectivity index (χ1v) is 22.2. The molecule has 2 saturated heterocycles. The molecule has 7 atom stereocenters. The van der Waals surface area contributed by atoms with E-state index < -0.39 is 30.3 Å². The van der Waals surface area contributed by atoms with Crippen LogP contribution in [0.15, 0.2) is 79.0 Å². The molecule has 3 aliphatic heterocycles. The van der Waals surface area contributed by atoms with E-state index in [0.717, 1.165) is 79.1 Å². The summed E-state index contributed by atoms with van der Waals surface area (Å²) in [6, 6.07) is 21.3. The number of methoxy groups -OCH3 is 2. The number of carbonyl (C=O) groups is 4. The number of carboxylic acid groups (broad SMARTS) is 1. The van der Waals surface area contributed by atoms with Crippen LogP contribution in [0, 0.1) is 17.8 Å². The summed E-state index contributed by atoms with van der Waals surface area (Å²) in [6.07, 6.45) is 2.37. The second-order valence-electron chi connectivity index (χ2n) is 18.2. The molecule has 0 radical (unpaired) electrons. The zero-order valence-electron chi connectivity index (χ0n) is 36.9. The summed E-state index contributed by atoms with van der Waals surface area (Å²) >= 11 is 0. The van der Waals surface area contributed by atoms with Crippen molar-refractivity contribution >= 4 is 45.8 Å². The topological polar surface area (TPSA) is 195 Å². The first kappa shape index (κ1) is 42.0. The number of likely N-dealkylation sites (N-methyl/N-ethyl adjacent to an activating group) is 1. The molecule has 336 valence electrons. The van der Waals surface area contributed by atoms with Gasteiger partial charge in [0.15, 0.2) is 0 Å². The number of H-pyrrole nitrogens is 2. The van der Waals surface area contributed by atoms with Crippen LogP contribution in [-0.2, 0) is 25.7 Å². The van der Waals surface area contributed by atoms with Crippen molar-refractivity contribution < 1.29 is 38.5 Å². The minimum atomic E-state index is -1.20. The number of imidazole rings is 2. The predicted octanol–water partition coefficient (Wildman–Crippen LogP) is 7.60. The summed E-state index contributed by atoms with van der Waals surface area (Å²) in [5.41, 5.74) is 7.02. The van der Waals surface area contributed by atoms with Crippen LogP contribution in [0.3, 0.4) is 0 Å². The third-order valence-electron chi connectivity index (χ3n) is 13.8. The van der Waals surface area contributed by atoms with E-state index >= 15 is 0 Å². The molecule has 3 fully saturated rings. The van der Waals surface area contributed by atoms with Crippen LogP contribution in [0.5, 0.6) is 5.75 Å². The Morgan fingerprint density at radius 1 is 0.938 bits per heavy atom. The first-order chi connectivity index (χ1) is 31.4. The number of nitrogens with zero attached hydrogens (tertiary/aromatic N) is 5. The van der Waals surface area contributed by atoms with Gasteiger partial charge in [-0.3, -0.25) is 14.5 Å². The highest BCUT2D eigenvalue weighted by atomic mass is 16.5. The first-order valence-electron chi connectivity index (χ1n) is 22.2. The molecule has 16 nitrogen and oxygen atoms in total. The molecule has 10 rings (SSSR count). The minimum Gasteiger partial charge on any atom is -0.488 e. The number of likely N-dealkylation sites (tertiary alicyclic amines) is 2. The van der Waals surface area contributed by atoms with Crippen molar-refractivity contribution in [1.29, 1.82) is 0 Å². The Morgan fingerprint density at radius 2 is 1.75 bits per heavy atom. The van der Waals surface area contributed by atoms with E-state index in [4.69, 9.17) is 24.2 Å². The third kappa shape index (κ3) is 7.48. The molecule has 1 saturated carbocycles. The second-order valence-corrected chi connectivity index (χ2v) is 18.2. The van der Waals surface area contributed by atoms with E-state index in [2.05, 4.69) is 45.6 Å². The fraction of sp³-hybridized carbons (Fsp3) is 0.388. The van der Waals surface area contributed by atoms with Crippen LogP contribution in [0.1, 0.15) is 74.0 Å². The second kappa shape index (κ2) is 16.6. The van der Waals surface area contributed by atoms with E-state index in [1.807, 2.05) is 43.1 Å². The summed E-state index contributed by atoms with van der Waals surface area (Å²) in [7, 11) is 4.36. The van der Waals surface area contributed by atoms with Gasteiger partial charge in [-0.05, 0) is 83.0 Å². The molecule has 2 aromatic heterocycles. The number of aromatic amines is 2. The highest BCUT2D eigenvalue weighted by molar-refractivity contribution is 6.07. The summed E-state index contributed by atoms with van der Waals surface area (Å²) in [4.78, 5) is 74.5. The zero-order valence-corrected chi connectivity index (χ0v) is 36.9. The molecule has 4 amide bonds. The molecule has 16 heteroatoms. The predicted molar refractivity (Wildman–Crippen MR) is 241 cm³/mol. The maximum absolute atomic E-state index is 14.5.